The van der Waals surface area contributed by atoms with E-state index in [9.17, 15) is 0 Å². The Labute approximate surface area is 108 Å². The average Bonchev–Trinajstić information content (AvgIpc) is 2.38. The second-order valence-corrected chi connectivity index (χ2v) is 5.06. The Hall–Kier alpha value is -1.60. The lowest BCUT2D eigenvalue weighted by Crippen LogP contribution is -2.43. The van der Waals surface area contributed by atoms with Crippen molar-refractivity contribution in [2.75, 3.05) is 24.6 Å². The van der Waals surface area contributed by atoms with Crippen LogP contribution < -0.4 is 4.90 Å². The van der Waals surface area contributed by atoms with Crippen LogP contribution in [0.5, 0.6) is 0 Å². The van der Waals surface area contributed by atoms with Gasteiger partial charge in [0, 0.05) is 13.1 Å². The first-order valence-electron chi connectivity index (χ1n) is 6.42. The lowest BCUT2D eigenvalue weighted by atomic mass is 10.0. The first-order valence-corrected chi connectivity index (χ1v) is 6.42. The minimum absolute atomic E-state index is 0.270. The zero-order valence-electron chi connectivity index (χ0n) is 11.0. The van der Waals surface area contributed by atoms with Crippen molar-refractivity contribution < 1.29 is 4.74 Å². The van der Waals surface area contributed by atoms with Crippen LogP contribution in [0.2, 0.25) is 0 Å². The van der Waals surface area contributed by atoms with Crippen LogP contribution in [0.15, 0.2) is 18.2 Å². The molecule has 1 aliphatic heterocycles. The molecule has 2 rings (SSSR count). The van der Waals surface area contributed by atoms with Crippen molar-refractivity contribution in [1.82, 2.24) is 4.98 Å². The van der Waals surface area contributed by atoms with Gasteiger partial charge in [-0.15, -0.1) is 0 Å². The summed E-state index contributed by atoms with van der Waals surface area (Å²) in [5, 5.41) is 8.88. The second kappa shape index (κ2) is 5.83. The highest BCUT2D eigenvalue weighted by molar-refractivity contribution is 5.42. The number of rotatable bonds is 3. The highest BCUT2D eigenvalue weighted by Crippen LogP contribution is 2.19. The van der Waals surface area contributed by atoms with Gasteiger partial charge in [-0.1, -0.05) is 19.9 Å². The molecule has 2 heterocycles. The SMILES string of the molecule is CC(C)C[C@H]1CN(c2cccc(C#N)n2)CCO1. The standard InChI is InChI=1S/C14H19N3O/c1-11(2)8-13-10-17(6-7-18-13)14-5-3-4-12(9-15)16-14/h3-5,11,13H,6-8,10H2,1-2H3/t13-/m0/s1. The van der Waals surface area contributed by atoms with Gasteiger partial charge in [-0.3, -0.25) is 0 Å². The summed E-state index contributed by atoms with van der Waals surface area (Å²) in [7, 11) is 0. The van der Waals surface area contributed by atoms with Gasteiger partial charge >= 0.3 is 0 Å². The molecule has 4 nitrogen and oxygen atoms in total. The molecule has 1 aromatic rings. The van der Waals surface area contributed by atoms with E-state index >= 15 is 0 Å². The van der Waals surface area contributed by atoms with Crippen molar-refractivity contribution in [3.63, 3.8) is 0 Å². The molecule has 1 aliphatic rings. The Morgan fingerprint density at radius 3 is 3.11 bits per heavy atom. The van der Waals surface area contributed by atoms with Crippen molar-refractivity contribution in [3.8, 4) is 6.07 Å². The number of hydrogen-bond acceptors (Lipinski definition) is 4. The van der Waals surface area contributed by atoms with Crippen LogP contribution in [0.4, 0.5) is 5.82 Å². The summed E-state index contributed by atoms with van der Waals surface area (Å²) in [5.74, 6) is 1.51. The molecule has 0 bridgehead atoms. The summed E-state index contributed by atoms with van der Waals surface area (Å²) >= 11 is 0. The topological polar surface area (TPSA) is 49.2 Å². The van der Waals surface area contributed by atoms with E-state index in [2.05, 4.69) is 29.8 Å². The molecule has 4 heteroatoms. The zero-order valence-corrected chi connectivity index (χ0v) is 11.0. The Balaban J connectivity index is 2.06. The molecule has 18 heavy (non-hydrogen) atoms. The Kier molecular flexibility index (Phi) is 4.16. The molecular formula is C14H19N3O. The molecule has 0 aliphatic carbocycles. The minimum atomic E-state index is 0.270. The van der Waals surface area contributed by atoms with E-state index in [0.29, 0.717) is 11.6 Å². The highest BCUT2D eigenvalue weighted by Gasteiger charge is 2.22. The lowest BCUT2D eigenvalue weighted by Gasteiger charge is -2.34. The molecule has 0 saturated carbocycles. The van der Waals surface area contributed by atoms with Gasteiger partial charge in [-0.25, -0.2) is 4.98 Å². The molecule has 0 aromatic carbocycles. The molecule has 0 amide bonds. The number of anilines is 1. The van der Waals surface area contributed by atoms with E-state index in [-0.39, 0.29) is 6.10 Å². The van der Waals surface area contributed by atoms with Crippen LogP contribution in [-0.4, -0.2) is 30.8 Å². The van der Waals surface area contributed by atoms with Crippen molar-refractivity contribution >= 4 is 5.82 Å². The van der Waals surface area contributed by atoms with Gasteiger partial charge in [0.1, 0.15) is 17.6 Å². The molecule has 1 saturated heterocycles. The maximum Gasteiger partial charge on any atom is 0.142 e. The van der Waals surface area contributed by atoms with Crippen LogP contribution >= 0.6 is 0 Å². The maximum atomic E-state index is 8.88. The summed E-state index contributed by atoms with van der Waals surface area (Å²) in [6.45, 7) is 6.85. The van der Waals surface area contributed by atoms with Crippen LogP contribution in [0.1, 0.15) is 26.0 Å². The molecule has 0 radical (unpaired) electrons. The molecule has 0 unspecified atom stereocenters. The third kappa shape index (κ3) is 3.21. The predicted octanol–water partition coefficient (Wildman–Crippen LogP) is 2.20. The van der Waals surface area contributed by atoms with E-state index in [1.165, 1.54) is 0 Å². The van der Waals surface area contributed by atoms with Gasteiger partial charge < -0.3 is 9.64 Å². The van der Waals surface area contributed by atoms with E-state index in [1.807, 2.05) is 12.1 Å². The normalized spacial score (nSPS) is 19.9. The molecule has 1 aromatic heterocycles. The Morgan fingerprint density at radius 2 is 2.39 bits per heavy atom. The number of nitriles is 1. The van der Waals surface area contributed by atoms with Crippen molar-refractivity contribution in [2.45, 2.75) is 26.4 Å². The first kappa shape index (κ1) is 12.8. The monoisotopic (exact) mass is 245 g/mol. The smallest absolute Gasteiger partial charge is 0.142 e. The summed E-state index contributed by atoms with van der Waals surface area (Å²) in [6.07, 6.45) is 1.33. The average molecular weight is 245 g/mol. The number of ether oxygens (including phenoxy) is 1. The van der Waals surface area contributed by atoms with Crippen LogP contribution in [0.3, 0.4) is 0 Å². The van der Waals surface area contributed by atoms with Crippen LogP contribution in [0.25, 0.3) is 0 Å². The minimum Gasteiger partial charge on any atom is -0.375 e. The summed E-state index contributed by atoms with van der Waals surface area (Å²) in [6, 6.07) is 7.65. The molecule has 0 N–H and O–H groups in total. The van der Waals surface area contributed by atoms with Crippen LogP contribution in [-0.2, 0) is 4.74 Å². The Bertz CT molecular complexity index is 439. The highest BCUT2D eigenvalue weighted by atomic mass is 16.5. The molecule has 1 fully saturated rings. The second-order valence-electron chi connectivity index (χ2n) is 5.06. The summed E-state index contributed by atoms with van der Waals surface area (Å²) < 4.78 is 5.76. The fourth-order valence-corrected chi connectivity index (χ4v) is 2.26. The largest absolute Gasteiger partial charge is 0.375 e. The van der Waals surface area contributed by atoms with Gasteiger partial charge in [0.25, 0.3) is 0 Å². The predicted molar refractivity (Wildman–Crippen MR) is 70.4 cm³/mol. The van der Waals surface area contributed by atoms with E-state index in [1.54, 1.807) is 6.07 Å². The van der Waals surface area contributed by atoms with E-state index in [4.69, 9.17) is 10.00 Å². The third-order valence-corrected chi connectivity index (χ3v) is 3.05. The third-order valence-electron chi connectivity index (χ3n) is 3.05. The van der Waals surface area contributed by atoms with E-state index < -0.39 is 0 Å². The number of nitrogens with zero attached hydrogens (tertiary/aromatic N) is 3. The quantitative estimate of drug-likeness (QED) is 0.819. The number of pyridine rings is 1. The van der Waals surface area contributed by atoms with Gasteiger partial charge in [0.2, 0.25) is 0 Å². The van der Waals surface area contributed by atoms with Gasteiger partial charge in [-0.05, 0) is 24.5 Å². The first-order chi connectivity index (χ1) is 8.69. The van der Waals surface area contributed by atoms with Crippen LogP contribution in [0, 0.1) is 17.2 Å². The van der Waals surface area contributed by atoms with Crippen molar-refractivity contribution in [1.29, 1.82) is 5.26 Å². The maximum absolute atomic E-state index is 8.88. The van der Waals surface area contributed by atoms with Crippen molar-refractivity contribution in [3.05, 3.63) is 23.9 Å². The summed E-state index contributed by atoms with van der Waals surface area (Å²) in [4.78, 5) is 6.54. The molecule has 1 atom stereocenters. The summed E-state index contributed by atoms with van der Waals surface area (Å²) in [5.41, 5.74) is 0.472. The zero-order chi connectivity index (χ0) is 13.0. The number of aromatic nitrogens is 1. The fraction of sp³-hybridized carbons (Fsp3) is 0.571. The lowest BCUT2D eigenvalue weighted by molar-refractivity contribution is 0.0273. The van der Waals surface area contributed by atoms with Gasteiger partial charge in [-0.2, -0.15) is 5.26 Å². The fourth-order valence-electron chi connectivity index (χ4n) is 2.26. The molecule has 96 valence electrons. The van der Waals surface area contributed by atoms with E-state index in [0.717, 1.165) is 31.9 Å². The molecule has 0 spiro atoms. The number of morpholine rings is 1. The molecular weight excluding hydrogens is 226 g/mol. The van der Waals surface area contributed by atoms with Gasteiger partial charge in [0.05, 0.1) is 12.7 Å². The number of hydrogen-bond donors (Lipinski definition) is 0. The van der Waals surface area contributed by atoms with Gasteiger partial charge in [0.15, 0.2) is 0 Å². The Morgan fingerprint density at radius 1 is 1.56 bits per heavy atom. The van der Waals surface area contributed by atoms with Crippen molar-refractivity contribution in [2.24, 2.45) is 5.92 Å².